The van der Waals surface area contributed by atoms with Crippen LogP contribution in [0.15, 0.2) is 40.3 Å². The Labute approximate surface area is 189 Å². The second-order valence-corrected chi connectivity index (χ2v) is 9.34. The fourth-order valence-corrected chi connectivity index (χ4v) is 4.74. The van der Waals surface area contributed by atoms with Crippen molar-refractivity contribution in [3.63, 3.8) is 0 Å². The minimum Gasteiger partial charge on any atom is -0.375 e. The van der Waals surface area contributed by atoms with Crippen molar-refractivity contribution in [3.05, 3.63) is 47.3 Å². The van der Waals surface area contributed by atoms with Gasteiger partial charge in [-0.3, -0.25) is 9.30 Å². The third kappa shape index (κ3) is 4.91. The smallest absolute Gasteiger partial charge is 0.204 e. The zero-order chi connectivity index (χ0) is 22.8. The largest absolute Gasteiger partial charge is 0.375 e. The van der Waals surface area contributed by atoms with E-state index < -0.39 is 22.3 Å². The second-order valence-electron chi connectivity index (χ2n) is 7.45. The van der Waals surface area contributed by atoms with Crippen LogP contribution >= 0.6 is 12.2 Å². The first-order chi connectivity index (χ1) is 14.7. The Morgan fingerprint density at radius 1 is 1.52 bits per heavy atom. The number of methoxy groups -OCH3 is 1. The molecule has 1 aromatic rings. The summed E-state index contributed by atoms with van der Waals surface area (Å²) in [5.41, 5.74) is 6.72. The Morgan fingerprint density at radius 3 is 2.84 bits per heavy atom. The second kappa shape index (κ2) is 9.37. The summed E-state index contributed by atoms with van der Waals surface area (Å²) in [7, 11) is 1.80. The molecule has 2 aliphatic rings. The van der Waals surface area contributed by atoms with E-state index in [4.69, 9.17) is 22.7 Å². The third-order valence-corrected chi connectivity index (χ3v) is 7.04. The van der Waals surface area contributed by atoms with Crippen LogP contribution in [0.1, 0.15) is 25.0 Å². The molecule has 3 rings (SSSR count). The van der Waals surface area contributed by atoms with Crippen LogP contribution in [0, 0.1) is 5.82 Å². The number of allylic oxidation sites excluding steroid dienone is 1. The van der Waals surface area contributed by atoms with E-state index in [0.29, 0.717) is 34.1 Å². The lowest BCUT2D eigenvalue weighted by Crippen LogP contribution is -2.47. The van der Waals surface area contributed by atoms with Gasteiger partial charge >= 0.3 is 0 Å². The first-order valence-corrected chi connectivity index (χ1v) is 11.4. The quantitative estimate of drug-likeness (QED) is 0.655. The molecule has 2 aliphatic heterocycles. The minimum atomic E-state index is -1.42. The van der Waals surface area contributed by atoms with E-state index >= 15 is 4.39 Å². The molecule has 3 atom stereocenters. The van der Waals surface area contributed by atoms with Gasteiger partial charge < -0.3 is 15.8 Å². The molecule has 0 saturated heterocycles. The van der Waals surface area contributed by atoms with Crippen molar-refractivity contribution in [2.24, 2.45) is 15.7 Å². The highest BCUT2D eigenvalue weighted by atomic mass is 32.2. The Bertz CT molecular complexity index is 1040. The summed E-state index contributed by atoms with van der Waals surface area (Å²) in [6, 6.07) is 3.30. The van der Waals surface area contributed by atoms with Crippen molar-refractivity contribution in [1.29, 1.82) is 0 Å². The molecule has 3 unspecified atom stereocenters. The maximum absolute atomic E-state index is 15.4. The van der Waals surface area contributed by atoms with E-state index in [2.05, 4.69) is 15.3 Å². The molecule has 0 fully saturated rings. The van der Waals surface area contributed by atoms with Crippen LogP contribution in [0.4, 0.5) is 10.1 Å². The molecule has 1 aromatic carbocycles. The van der Waals surface area contributed by atoms with Gasteiger partial charge in [-0.25, -0.2) is 13.6 Å². The SMILES string of the molecule is CC=Cc1cc(NC(=S)C2=NCC(OC)C=C2)cc(C2(C)CS(=O)N(C)C(N)=N2)c1F. The average Bonchev–Trinajstić information content (AvgIpc) is 2.74. The van der Waals surface area contributed by atoms with Crippen LogP contribution in [0.2, 0.25) is 0 Å². The maximum Gasteiger partial charge on any atom is 0.204 e. The number of halogens is 1. The van der Waals surface area contributed by atoms with Gasteiger partial charge in [0.15, 0.2) is 0 Å². The molecule has 0 spiro atoms. The lowest BCUT2D eigenvalue weighted by atomic mass is 9.91. The van der Waals surface area contributed by atoms with Gasteiger partial charge in [-0.15, -0.1) is 0 Å². The van der Waals surface area contributed by atoms with Crippen molar-refractivity contribution in [1.82, 2.24) is 4.31 Å². The third-order valence-electron chi connectivity index (χ3n) is 5.12. The normalized spacial score (nSPS) is 26.0. The van der Waals surface area contributed by atoms with Crippen molar-refractivity contribution in [2.45, 2.75) is 25.5 Å². The zero-order valence-corrected chi connectivity index (χ0v) is 19.5. The van der Waals surface area contributed by atoms with Crippen molar-refractivity contribution in [3.8, 4) is 0 Å². The highest BCUT2D eigenvalue weighted by molar-refractivity contribution is 7.83. The fraction of sp³-hybridized carbons (Fsp3) is 0.381. The van der Waals surface area contributed by atoms with Gasteiger partial charge in [0.2, 0.25) is 5.96 Å². The number of guanidine groups is 1. The Balaban J connectivity index is 1.99. The number of aliphatic imine (C=N–C) groups is 2. The van der Waals surface area contributed by atoms with Crippen molar-refractivity contribution < 1.29 is 13.3 Å². The molecule has 0 amide bonds. The standard InChI is InChI=1S/C21H26FN5O2S2/c1-5-6-13-9-14(25-19(30)17-8-7-15(29-4)11-24-17)10-16(18(13)22)21(2)12-31(28)27(3)20(23)26-21/h5-10,15H,11-12H2,1-4H3,(H2,23,26)(H,25,30). The van der Waals surface area contributed by atoms with Crippen molar-refractivity contribution in [2.75, 3.05) is 31.8 Å². The number of nitrogens with zero attached hydrogens (tertiary/aromatic N) is 3. The molecule has 7 nitrogen and oxygen atoms in total. The Kier molecular flexibility index (Phi) is 7.03. The summed E-state index contributed by atoms with van der Waals surface area (Å²) >= 11 is 5.50. The molecular weight excluding hydrogens is 437 g/mol. The molecule has 3 N–H and O–H groups in total. The van der Waals surface area contributed by atoms with Gasteiger partial charge in [-0.05, 0) is 32.1 Å². The number of nitrogens with one attached hydrogen (secondary N) is 1. The molecular formula is C21H26FN5O2S2. The minimum absolute atomic E-state index is 0.0705. The first-order valence-electron chi connectivity index (χ1n) is 9.69. The number of ether oxygens (including phenoxy) is 1. The number of hydrogen-bond donors (Lipinski definition) is 2. The molecule has 0 aliphatic carbocycles. The van der Waals surface area contributed by atoms with Gasteiger partial charge in [-0.1, -0.05) is 30.4 Å². The number of benzene rings is 1. The fourth-order valence-electron chi connectivity index (χ4n) is 3.34. The number of thiocarbonyl (C=S) groups is 1. The molecule has 31 heavy (non-hydrogen) atoms. The summed E-state index contributed by atoms with van der Waals surface area (Å²) < 4.78 is 34.6. The number of nitrogens with two attached hydrogens (primary N) is 1. The number of hydrogen-bond acceptors (Lipinski definition) is 6. The van der Waals surface area contributed by atoms with Crippen LogP contribution in [-0.2, 0) is 21.3 Å². The lowest BCUT2D eigenvalue weighted by Gasteiger charge is -2.34. The van der Waals surface area contributed by atoms with Crippen molar-refractivity contribution >= 4 is 51.6 Å². The summed E-state index contributed by atoms with van der Waals surface area (Å²) in [5, 5.41) is 3.14. The summed E-state index contributed by atoms with van der Waals surface area (Å²) in [6.07, 6.45) is 7.03. The van der Waals surface area contributed by atoms with Crippen LogP contribution in [0.5, 0.6) is 0 Å². The number of rotatable bonds is 5. The molecule has 0 radical (unpaired) electrons. The molecule has 166 valence electrons. The lowest BCUT2D eigenvalue weighted by molar-refractivity contribution is 0.147. The van der Waals surface area contributed by atoms with Gasteiger partial charge in [0.1, 0.15) is 27.3 Å². The van der Waals surface area contributed by atoms with E-state index in [1.807, 2.05) is 6.08 Å². The van der Waals surface area contributed by atoms with E-state index in [1.165, 1.54) is 4.31 Å². The maximum atomic E-state index is 15.4. The van der Waals surface area contributed by atoms with Gasteiger partial charge in [0.05, 0.1) is 24.1 Å². The summed E-state index contributed by atoms with van der Waals surface area (Å²) in [4.78, 5) is 9.31. The van der Waals surface area contributed by atoms with E-state index in [1.54, 1.807) is 58.4 Å². The van der Waals surface area contributed by atoms with Crippen LogP contribution in [-0.4, -0.2) is 57.7 Å². The summed E-state index contributed by atoms with van der Waals surface area (Å²) in [5.74, 6) is -0.228. The number of dihydropyridines is 1. The monoisotopic (exact) mass is 463 g/mol. The van der Waals surface area contributed by atoms with Crippen LogP contribution < -0.4 is 11.1 Å². The highest BCUT2D eigenvalue weighted by Crippen LogP contribution is 2.35. The predicted octanol–water partition coefficient (Wildman–Crippen LogP) is 2.76. The zero-order valence-electron chi connectivity index (χ0n) is 17.9. The first kappa shape index (κ1) is 23.2. The van der Waals surface area contributed by atoms with E-state index in [9.17, 15) is 4.21 Å². The van der Waals surface area contributed by atoms with Gasteiger partial charge in [-0.2, -0.15) is 0 Å². The summed E-state index contributed by atoms with van der Waals surface area (Å²) in [6.45, 7) is 4.01. The highest BCUT2D eigenvalue weighted by Gasteiger charge is 2.38. The Hall–Kier alpha value is -2.43. The van der Waals surface area contributed by atoms with Crippen LogP contribution in [0.25, 0.3) is 6.08 Å². The van der Waals surface area contributed by atoms with E-state index in [-0.39, 0.29) is 17.8 Å². The van der Waals surface area contributed by atoms with Gasteiger partial charge in [0.25, 0.3) is 0 Å². The predicted molar refractivity (Wildman–Crippen MR) is 129 cm³/mol. The molecule has 0 saturated carbocycles. The topological polar surface area (TPSA) is 92.3 Å². The Morgan fingerprint density at radius 2 is 2.26 bits per heavy atom. The van der Waals surface area contributed by atoms with Crippen LogP contribution in [0.3, 0.4) is 0 Å². The molecule has 10 heteroatoms. The molecule has 0 bridgehead atoms. The molecule has 0 aromatic heterocycles. The average molecular weight is 464 g/mol. The molecule has 2 heterocycles. The van der Waals surface area contributed by atoms with E-state index in [0.717, 1.165) is 0 Å². The number of anilines is 1. The van der Waals surface area contributed by atoms with Gasteiger partial charge in [0, 0.05) is 31.0 Å².